The van der Waals surface area contributed by atoms with Crippen LogP contribution in [0.25, 0.3) is 16.7 Å². The van der Waals surface area contributed by atoms with Crippen molar-refractivity contribution in [3.63, 3.8) is 0 Å². The average Bonchev–Trinajstić information content (AvgIpc) is 2.69. The summed E-state index contributed by atoms with van der Waals surface area (Å²) in [6.45, 7) is 8.34. The van der Waals surface area contributed by atoms with Gasteiger partial charge in [0.05, 0.1) is 11.4 Å². The SMILES string of the molecule is C=C(c1cc2ccc(C(C)C)nc2[nH]1)N(C)C. The number of hydrogen-bond acceptors (Lipinski definition) is 2. The Morgan fingerprint density at radius 2 is 2.06 bits per heavy atom. The Balaban J connectivity index is 2.47. The monoisotopic (exact) mass is 229 g/mol. The first kappa shape index (κ1) is 11.7. The lowest BCUT2D eigenvalue weighted by molar-refractivity contribution is 0.591. The Morgan fingerprint density at radius 3 is 2.65 bits per heavy atom. The Hall–Kier alpha value is -1.77. The molecule has 0 aromatic carbocycles. The molecule has 3 heteroatoms. The molecule has 0 aliphatic rings. The van der Waals surface area contributed by atoms with E-state index in [1.165, 1.54) is 0 Å². The number of hydrogen-bond donors (Lipinski definition) is 1. The second-order valence-electron chi connectivity index (χ2n) is 4.85. The lowest BCUT2D eigenvalue weighted by atomic mass is 10.1. The van der Waals surface area contributed by atoms with Crippen molar-refractivity contribution < 1.29 is 0 Å². The van der Waals surface area contributed by atoms with Gasteiger partial charge in [0.15, 0.2) is 0 Å². The minimum Gasteiger partial charge on any atom is -0.376 e. The molecule has 0 atom stereocenters. The summed E-state index contributed by atoms with van der Waals surface area (Å²) in [4.78, 5) is 9.94. The predicted octanol–water partition coefficient (Wildman–Crippen LogP) is 3.22. The van der Waals surface area contributed by atoms with Crippen molar-refractivity contribution in [2.75, 3.05) is 14.1 Å². The van der Waals surface area contributed by atoms with Gasteiger partial charge >= 0.3 is 0 Å². The quantitative estimate of drug-likeness (QED) is 0.876. The summed E-state index contributed by atoms with van der Waals surface area (Å²) >= 11 is 0. The van der Waals surface area contributed by atoms with Crippen molar-refractivity contribution in [3.8, 4) is 0 Å². The summed E-state index contributed by atoms with van der Waals surface area (Å²) in [5.41, 5.74) is 4.04. The first-order valence-corrected chi connectivity index (χ1v) is 5.85. The molecule has 2 aromatic rings. The van der Waals surface area contributed by atoms with Gasteiger partial charge in [0, 0.05) is 25.2 Å². The highest BCUT2D eigenvalue weighted by atomic mass is 15.1. The van der Waals surface area contributed by atoms with Gasteiger partial charge < -0.3 is 9.88 Å². The third-order valence-corrected chi connectivity index (χ3v) is 2.94. The maximum absolute atomic E-state index is 4.62. The number of aromatic amines is 1. The molecule has 90 valence electrons. The fourth-order valence-corrected chi connectivity index (χ4v) is 1.74. The van der Waals surface area contributed by atoms with Gasteiger partial charge in [-0.1, -0.05) is 20.4 Å². The van der Waals surface area contributed by atoms with E-state index in [1.54, 1.807) is 0 Å². The van der Waals surface area contributed by atoms with Gasteiger partial charge in [-0.25, -0.2) is 4.98 Å². The molecule has 0 unspecified atom stereocenters. The number of aromatic nitrogens is 2. The number of rotatable bonds is 3. The summed E-state index contributed by atoms with van der Waals surface area (Å²) in [5.74, 6) is 0.447. The minimum absolute atomic E-state index is 0.447. The van der Waals surface area contributed by atoms with E-state index in [2.05, 4.69) is 48.6 Å². The molecular weight excluding hydrogens is 210 g/mol. The molecule has 0 amide bonds. The van der Waals surface area contributed by atoms with E-state index in [0.29, 0.717) is 5.92 Å². The van der Waals surface area contributed by atoms with E-state index in [0.717, 1.165) is 28.1 Å². The summed E-state index contributed by atoms with van der Waals surface area (Å²) in [6, 6.07) is 6.29. The highest BCUT2D eigenvalue weighted by Crippen LogP contribution is 2.22. The van der Waals surface area contributed by atoms with Gasteiger partial charge in [0.25, 0.3) is 0 Å². The fourth-order valence-electron chi connectivity index (χ4n) is 1.74. The molecule has 17 heavy (non-hydrogen) atoms. The Labute approximate surface area is 102 Å². The first-order chi connectivity index (χ1) is 7.99. The van der Waals surface area contributed by atoms with E-state index in [4.69, 9.17) is 0 Å². The van der Waals surface area contributed by atoms with E-state index < -0.39 is 0 Å². The van der Waals surface area contributed by atoms with Crippen LogP contribution in [0.4, 0.5) is 0 Å². The summed E-state index contributed by atoms with van der Waals surface area (Å²) in [5, 5.41) is 1.13. The molecule has 1 N–H and O–H groups in total. The number of fused-ring (bicyclic) bond motifs is 1. The molecule has 2 aromatic heterocycles. The molecule has 0 bridgehead atoms. The maximum Gasteiger partial charge on any atom is 0.138 e. The topological polar surface area (TPSA) is 31.9 Å². The lowest BCUT2D eigenvalue weighted by Crippen LogP contribution is -2.08. The second kappa shape index (κ2) is 4.24. The van der Waals surface area contributed by atoms with Gasteiger partial charge in [-0.15, -0.1) is 0 Å². The fraction of sp³-hybridized carbons (Fsp3) is 0.357. The third-order valence-electron chi connectivity index (χ3n) is 2.94. The number of nitrogens with one attached hydrogen (secondary N) is 1. The van der Waals surface area contributed by atoms with Crippen LogP contribution >= 0.6 is 0 Å². The van der Waals surface area contributed by atoms with E-state index >= 15 is 0 Å². The van der Waals surface area contributed by atoms with Crippen LogP contribution in [-0.2, 0) is 0 Å². The third kappa shape index (κ3) is 2.18. The van der Waals surface area contributed by atoms with Crippen molar-refractivity contribution in [2.45, 2.75) is 19.8 Å². The molecule has 2 rings (SSSR count). The smallest absolute Gasteiger partial charge is 0.138 e. The molecule has 0 radical (unpaired) electrons. The van der Waals surface area contributed by atoms with Crippen LogP contribution in [0.5, 0.6) is 0 Å². The van der Waals surface area contributed by atoms with E-state index in [-0.39, 0.29) is 0 Å². The Bertz CT molecular complexity index is 550. The number of nitrogens with zero attached hydrogens (tertiary/aromatic N) is 2. The molecular formula is C14H19N3. The Kier molecular flexibility index (Phi) is 2.92. The largest absolute Gasteiger partial charge is 0.376 e. The van der Waals surface area contributed by atoms with Crippen molar-refractivity contribution in [1.29, 1.82) is 0 Å². The summed E-state index contributed by atoms with van der Waals surface area (Å²) in [6.07, 6.45) is 0. The van der Waals surface area contributed by atoms with Crippen molar-refractivity contribution in [1.82, 2.24) is 14.9 Å². The molecule has 0 aliphatic carbocycles. The van der Waals surface area contributed by atoms with Crippen molar-refractivity contribution in [3.05, 3.63) is 36.2 Å². The molecule has 0 saturated carbocycles. The van der Waals surface area contributed by atoms with Crippen LogP contribution in [-0.4, -0.2) is 29.0 Å². The van der Waals surface area contributed by atoms with Crippen molar-refractivity contribution in [2.24, 2.45) is 0 Å². The highest BCUT2D eigenvalue weighted by molar-refractivity contribution is 5.81. The zero-order chi connectivity index (χ0) is 12.6. The second-order valence-corrected chi connectivity index (χ2v) is 4.85. The van der Waals surface area contributed by atoms with Crippen LogP contribution in [0.3, 0.4) is 0 Å². The average molecular weight is 229 g/mol. The van der Waals surface area contributed by atoms with E-state index in [9.17, 15) is 0 Å². The predicted molar refractivity (Wildman–Crippen MR) is 72.9 cm³/mol. The zero-order valence-corrected chi connectivity index (χ0v) is 10.9. The van der Waals surface area contributed by atoms with Crippen LogP contribution < -0.4 is 0 Å². The van der Waals surface area contributed by atoms with Gasteiger partial charge in [0.2, 0.25) is 0 Å². The number of H-pyrrole nitrogens is 1. The number of pyridine rings is 1. The van der Waals surface area contributed by atoms with Crippen LogP contribution in [0.2, 0.25) is 0 Å². The van der Waals surface area contributed by atoms with Crippen molar-refractivity contribution >= 4 is 16.7 Å². The molecule has 0 fully saturated rings. The normalized spacial score (nSPS) is 11.1. The van der Waals surface area contributed by atoms with Gasteiger partial charge in [0.1, 0.15) is 5.65 Å². The minimum atomic E-state index is 0.447. The lowest BCUT2D eigenvalue weighted by Gasteiger charge is -2.13. The first-order valence-electron chi connectivity index (χ1n) is 5.85. The molecule has 0 saturated heterocycles. The van der Waals surface area contributed by atoms with Gasteiger partial charge in [-0.3, -0.25) is 0 Å². The highest BCUT2D eigenvalue weighted by Gasteiger charge is 2.08. The molecule has 2 heterocycles. The zero-order valence-electron chi connectivity index (χ0n) is 10.9. The molecule has 3 nitrogen and oxygen atoms in total. The summed E-state index contributed by atoms with van der Waals surface area (Å²) < 4.78 is 0. The van der Waals surface area contributed by atoms with Crippen LogP contribution in [0.1, 0.15) is 31.2 Å². The molecule has 0 spiro atoms. The van der Waals surface area contributed by atoms with Crippen LogP contribution in [0.15, 0.2) is 24.8 Å². The van der Waals surface area contributed by atoms with E-state index in [1.807, 2.05) is 19.0 Å². The standard InChI is InChI=1S/C14H19N3/c1-9(2)12-7-6-11-8-13(10(3)17(4)5)16-14(11)15-12/h6-9H,3H2,1-2,4-5H3,(H,15,16). The van der Waals surface area contributed by atoms with Crippen LogP contribution in [0, 0.1) is 0 Å². The molecule has 0 aliphatic heterocycles. The maximum atomic E-state index is 4.62. The van der Waals surface area contributed by atoms with Gasteiger partial charge in [-0.2, -0.15) is 0 Å². The summed E-state index contributed by atoms with van der Waals surface area (Å²) in [7, 11) is 3.97. The Morgan fingerprint density at radius 1 is 1.35 bits per heavy atom. The van der Waals surface area contributed by atoms with Gasteiger partial charge in [-0.05, 0) is 24.1 Å².